The Morgan fingerprint density at radius 1 is 1.10 bits per heavy atom. The van der Waals surface area contributed by atoms with Gasteiger partial charge < -0.3 is 4.57 Å². The van der Waals surface area contributed by atoms with E-state index >= 15 is 0 Å². The van der Waals surface area contributed by atoms with Gasteiger partial charge in [-0.2, -0.15) is 0 Å². The van der Waals surface area contributed by atoms with Gasteiger partial charge in [-0.25, -0.2) is 4.79 Å². The van der Waals surface area contributed by atoms with Crippen LogP contribution < -0.4 is 11.2 Å². The number of carbonyl (C=O) groups is 1. The van der Waals surface area contributed by atoms with Crippen molar-refractivity contribution in [2.45, 2.75) is 26.4 Å². The molecule has 0 bridgehead atoms. The normalized spacial score (nSPS) is 10.4. The Morgan fingerprint density at radius 3 is 2.45 bits per heavy atom. The summed E-state index contributed by atoms with van der Waals surface area (Å²) in [7, 11) is 0. The molecule has 0 aliphatic heterocycles. The van der Waals surface area contributed by atoms with Crippen LogP contribution in [0.15, 0.2) is 52.2 Å². The van der Waals surface area contributed by atoms with Crippen molar-refractivity contribution in [2.75, 3.05) is 0 Å². The summed E-state index contributed by atoms with van der Waals surface area (Å²) < 4.78 is 2.38. The number of hydrogen-bond acceptors (Lipinski definition) is 3. The van der Waals surface area contributed by atoms with Crippen molar-refractivity contribution in [3.05, 3.63) is 69.0 Å². The lowest BCUT2D eigenvalue weighted by Gasteiger charge is -2.07. The molecule has 0 aliphatic carbocycles. The maximum absolute atomic E-state index is 12.0. The van der Waals surface area contributed by atoms with Crippen molar-refractivity contribution in [2.24, 2.45) is 0 Å². The third kappa shape index (κ3) is 3.12. The van der Waals surface area contributed by atoms with Gasteiger partial charge in [-0.1, -0.05) is 30.3 Å². The topological polar surface area (TPSA) is 61.1 Å². The number of rotatable bonds is 5. The van der Waals surface area contributed by atoms with Gasteiger partial charge in [0.15, 0.2) is 5.78 Å². The first-order valence-electron chi connectivity index (χ1n) is 6.47. The van der Waals surface area contributed by atoms with Crippen LogP contribution >= 0.6 is 0 Å². The number of Topliss-reactive ketones (excluding diaryl/α,β-unsaturated/α-hetero) is 1. The molecule has 0 spiro atoms. The summed E-state index contributed by atoms with van der Waals surface area (Å²) in [4.78, 5) is 35.7. The van der Waals surface area contributed by atoms with E-state index in [0.717, 1.165) is 10.1 Å². The highest BCUT2D eigenvalue weighted by molar-refractivity contribution is 5.80. The molecule has 0 N–H and O–H groups in total. The van der Waals surface area contributed by atoms with Crippen LogP contribution in [0.4, 0.5) is 0 Å². The van der Waals surface area contributed by atoms with Crippen LogP contribution in [0.2, 0.25) is 0 Å². The van der Waals surface area contributed by atoms with Crippen molar-refractivity contribution < 1.29 is 4.79 Å². The average Bonchev–Trinajstić information content (AvgIpc) is 2.45. The maximum Gasteiger partial charge on any atom is 0.331 e. The fourth-order valence-electron chi connectivity index (χ4n) is 2.00. The molecule has 20 heavy (non-hydrogen) atoms. The molecule has 0 fully saturated rings. The Labute approximate surface area is 116 Å². The Kier molecular flexibility index (Phi) is 4.30. The quantitative estimate of drug-likeness (QED) is 0.810. The molecule has 104 valence electrons. The van der Waals surface area contributed by atoms with Gasteiger partial charge in [0.2, 0.25) is 0 Å². The van der Waals surface area contributed by atoms with Crippen LogP contribution in [0.1, 0.15) is 12.5 Å². The van der Waals surface area contributed by atoms with Gasteiger partial charge in [0, 0.05) is 25.2 Å². The third-order valence-electron chi connectivity index (χ3n) is 3.06. The van der Waals surface area contributed by atoms with Gasteiger partial charge in [0.05, 0.1) is 6.54 Å². The van der Waals surface area contributed by atoms with Crippen LogP contribution in [0.3, 0.4) is 0 Å². The number of aryl methyl sites for hydroxylation is 1. The Balaban J connectivity index is 2.20. The first kappa shape index (κ1) is 14.0. The molecule has 5 nitrogen and oxygen atoms in total. The molecular formula is C15H16N2O3. The molecule has 0 atom stereocenters. The SMILES string of the molecule is CCn1ccc(=O)n(CC(=O)Cc2ccccc2)c1=O. The van der Waals surface area contributed by atoms with E-state index in [0.29, 0.717) is 6.54 Å². The highest BCUT2D eigenvalue weighted by atomic mass is 16.2. The first-order valence-corrected chi connectivity index (χ1v) is 6.47. The standard InChI is InChI=1S/C15H16N2O3/c1-2-16-9-8-14(19)17(15(16)20)11-13(18)10-12-6-4-3-5-7-12/h3-9H,2,10-11H2,1H3. The van der Waals surface area contributed by atoms with Crippen LogP contribution in [0, 0.1) is 0 Å². The van der Waals surface area contributed by atoms with E-state index in [1.54, 1.807) is 0 Å². The summed E-state index contributed by atoms with van der Waals surface area (Å²) in [5, 5.41) is 0. The van der Waals surface area contributed by atoms with Crippen molar-refractivity contribution in [3.8, 4) is 0 Å². The summed E-state index contributed by atoms with van der Waals surface area (Å²) in [6, 6.07) is 10.6. The second kappa shape index (κ2) is 6.14. The minimum absolute atomic E-state index is 0.163. The average molecular weight is 272 g/mol. The molecular weight excluding hydrogens is 256 g/mol. The van der Waals surface area contributed by atoms with E-state index in [1.807, 2.05) is 37.3 Å². The number of carbonyl (C=O) groups excluding carboxylic acids is 1. The predicted octanol–water partition coefficient (Wildman–Crippen LogP) is 0.842. The predicted molar refractivity (Wildman–Crippen MR) is 75.8 cm³/mol. The van der Waals surface area contributed by atoms with E-state index in [2.05, 4.69) is 0 Å². The molecule has 1 heterocycles. The van der Waals surface area contributed by atoms with Crippen molar-refractivity contribution in [1.82, 2.24) is 9.13 Å². The molecule has 0 aliphatic rings. The van der Waals surface area contributed by atoms with Crippen molar-refractivity contribution >= 4 is 5.78 Å². The van der Waals surface area contributed by atoms with Crippen molar-refractivity contribution in [1.29, 1.82) is 0 Å². The molecule has 1 aromatic heterocycles. The van der Waals surface area contributed by atoms with Crippen LogP contribution in [-0.2, 0) is 24.3 Å². The minimum Gasteiger partial charge on any atom is -0.301 e. The molecule has 0 unspecified atom stereocenters. The van der Waals surface area contributed by atoms with Crippen LogP contribution in [0.5, 0.6) is 0 Å². The Hall–Kier alpha value is -2.43. The zero-order valence-electron chi connectivity index (χ0n) is 11.3. The number of benzene rings is 1. The van der Waals surface area contributed by atoms with Gasteiger partial charge >= 0.3 is 5.69 Å². The highest BCUT2D eigenvalue weighted by Gasteiger charge is 2.10. The second-order valence-corrected chi connectivity index (χ2v) is 4.51. The van der Waals surface area contributed by atoms with E-state index < -0.39 is 11.2 Å². The van der Waals surface area contributed by atoms with Gasteiger partial charge in [-0.3, -0.25) is 14.2 Å². The fourth-order valence-corrected chi connectivity index (χ4v) is 2.00. The zero-order chi connectivity index (χ0) is 14.5. The first-order chi connectivity index (χ1) is 9.61. The number of hydrogen-bond donors (Lipinski definition) is 0. The van der Waals surface area contributed by atoms with Crippen LogP contribution in [-0.4, -0.2) is 14.9 Å². The van der Waals surface area contributed by atoms with Gasteiger partial charge in [0.25, 0.3) is 5.56 Å². The number of aromatic nitrogens is 2. The lowest BCUT2D eigenvalue weighted by molar-refractivity contribution is -0.119. The highest BCUT2D eigenvalue weighted by Crippen LogP contribution is 2.00. The third-order valence-corrected chi connectivity index (χ3v) is 3.06. The lowest BCUT2D eigenvalue weighted by Crippen LogP contribution is -2.40. The number of nitrogens with zero attached hydrogens (tertiary/aromatic N) is 2. The Bertz CT molecular complexity index is 714. The monoisotopic (exact) mass is 272 g/mol. The molecule has 0 saturated carbocycles. The summed E-state index contributed by atoms with van der Waals surface area (Å²) in [6.45, 7) is 2.08. The molecule has 0 amide bonds. The Morgan fingerprint density at radius 2 is 1.80 bits per heavy atom. The smallest absolute Gasteiger partial charge is 0.301 e. The minimum atomic E-state index is -0.443. The molecule has 0 saturated heterocycles. The lowest BCUT2D eigenvalue weighted by atomic mass is 10.1. The fraction of sp³-hybridized carbons (Fsp3) is 0.267. The van der Waals surface area contributed by atoms with Crippen molar-refractivity contribution in [3.63, 3.8) is 0 Å². The zero-order valence-corrected chi connectivity index (χ0v) is 11.3. The summed E-state index contributed by atoms with van der Waals surface area (Å²) in [5.74, 6) is -0.163. The molecule has 1 aromatic carbocycles. The van der Waals surface area contributed by atoms with E-state index in [9.17, 15) is 14.4 Å². The van der Waals surface area contributed by atoms with Gasteiger partial charge in [0.1, 0.15) is 0 Å². The molecule has 2 aromatic rings. The van der Waals surface area contributed by atoms with Gasteiger partial charge in [-0.05, 0) is 12.5 Å². The number of ketones is 1. The summed E-state index contributed by atoms with van der Waals surface area (Å²) in [6.07, 6.45) is 1.66. The van der Waals surface area contributed by atoms with E-state index in [-0.39, 0.29) is 18.7 Å². The largest absolute Gasteiger partial charge is 0.331 e. The van der Waals surface area contributed by atoms with E-state index in [4.69, 9.17) is 0 Å². The molecule has 5 heteroatoms. The second-order valence-electron chi connectivity index (χ2n) is 4.51. The summed E-state index contributed by atoms with van der Waals surface area (Å²) in [5.41, 5.74) is -0.0141. The van der Waals surface area contributed by atoms with E-state index in [1.165, 1.54) is 16.8 Å². The summed E-state index contributed by atoms with van der Waals surface area (Å²) >= 11 is 0. The molecule has 0 radical (unpaired) electrons. The molecule has 2 rings (SSSR count). The van der Waals surface area contributed by atoms with Gasteiger partial charge in [-0.15, -0.1) is 0 Å². The maximum atomic E-state index is 12.0. The van der Waals surface area contributed by atoms with Crippen LogP contribution in [0.25, 0.3) is 0 Å².